The van der Waals surface area contributed by atoms with Crippen LogP contribution in [0.1, 0.15) is 15.9 Å². The van der Waals surface area contributed by atoms with Crippen molar-refractivity contribution < 1.29 is 15.0 Å². The molecular weight excluding hydrogens is 268 g/mol. The number of hydrogen-bond acceptors (Lipinski definition) is 4. The van der Waals surface area contributed by atoms with E-state index in [-0.39, 0.29) is 17.9 Å². The normalized spacial score (nSPS) is 10.3. The number of carboxylic acids is 1. The molecule has 0 saturated heterocycles. The highest BCUT2D eigenvalue weighted by molar-refractivity contribution is 5.94. The zero-order valence-corrected chi connectivity index (χ0v) is 11.6. The first-order chi connectivity index (χ1) is 10.1. The van der Waals surface area contributed by atoms with Crippen molar-refractivity contribution in [3.05, 3.63) is 59.7 Å². The Balaban J connectivity index is 2.29. The van der Waals surface area contributed by atoms with Crippen molar-refractivity contribution in [1.82, 2.24) is 0 Å². The van der Waals surface area contributed by atoms with Gasteiger partial charge in [-0.15, -0.1) is 0 Å². The number of anilines is 2. The van der Waals surface area contributed by atoms with Gasteiger partial charge in [0.15, 0.2) is 0 Å². The maximum absolute atomic E-state index is 11.2. The number of nitrogens with two attached hydrogens (primary N) is 1. The molecule has 0 fully saturated rings. The lowest BCUT2D eigenvalue weighted by atomic mass is 10.1. The molecule has 21 heavy (non-hydrogen) atoms. The van der Waals surface area contributed by atoms with E-state index in [1.807, 2.05) is 35.2 Å². The van der Waals surface area contributed by atoms with Crippen LogP contribution in [0.15, 0.2) is 48.5 Å². The molecule has 0 atom stereocenters. The third-order valence-corrected chi connectivity index (χ3v) is 3.22. The number of carboxylic acid groups (broad SMARTS) is 1. The molecule has 4 N–H and O–H groups in total. The number of aromatic carboxylic acids is 1. The average Bonchev–Trinajstić information content (AvgIpc) is 2.48. The minimum absolute atomic E-state index is 0.0143. The number of carbonyl (C=O) groups is 1. The van der Waals surface area contributed by atoms with Gasteiger partial charge >= 0.3 is 5.97 Å². The first-order valence-electron chi connectivity index (χ1n) is 6.64. The summed E-state index contributed by atoms with van der Waals surface area (Å²) in [7, 11) is 0. The van der Waals surface area contributed by atoms with Crippen LogP contribution in [0.4, 0.5) is 11.4 Å². The predicted octanol–water partition coefficient (Wildman–Crippen LogP) is 1.97. The van der Waals surface area contributed by atoms with Crippen molar-refractivity contribution in [3.8, 4) is 0 Å². The minimum atomic E-state index is -1.06. The van der Waals surface area contributed by atoms with Crippen LogP contribution in [0.2, 0.25) is 0 Å². The molecular formula is C16H18N2O3. The number of hydrogen-bond donors (Lipinski definition) is 3. The van der Waals surface area contributed by atoms with Gasteiger partial charge in [-0.25, -0.2) is 4.79 Å². The molecule has 0 bridgehead atoms. The number of nitrogen functional groups attached to an aromatic ring is 1. The standard InChI is InChI=1S/C16H18N2O3/c17-15-7-6-13(10-14(15)16(20)21)18(8-9-19)11-12-4-2-1-3-5-12/h1-7,10,19H,8-9,11,17H2,(H,20,21). The van der Waals surface area contributed by atoms with Crippen LogP contribution in [0.25, 0.3) is 0 Å². The van der Waals surface area contributed by atoms with E-state index in [9.17, 15) is 9.90 Å². The number of nitrogens with zero attached hydrogens (tertiary/aromatic N) is 1. The fraction of sp³-hybridized carbons (Fsp3) is 0.188. The van der Waals surface area contributed by atoms with E-state index in [1.165, 1.54) is 6.07 Å². The Hall–Kier alpha value is -2.53. The lowest BCUT2D eigenvalue weighted by Gasteiger charge is -2.24. The predicted molar refractivity (Wildman–Crippen MR) is 82.4 cm³/mol. The third kappa shape index (κ3) is 3.73. The van der Waals surface area contributed by atoms with E-state index >= 15 is 0 Å². The fourth-order valence-corrected chi connectivity index (χ4v) is 2.15. The van der Waals surface area contributed by atoms with E-state index in [0.717, 1.165) is 11.3 Å². The molecule has 0 radical (unpaired) electrons. The van der Waals surface area contributed by atoms with Gasteiger partial charge in [-0.2, -0.15) is 0 Å². The van der Waals surface area contributed by atoms with E-state index < -0.39 is 5.97 Å². The number of rotatable bonds is 6. The van der Waals surface area contributed by atoms with Crippen LogP contribution >= 0.6 is 0 Å². The molecule has 110 valence electrons. The van der Waals surface area contributed by atoms with Crippen LogP contribution in [-0.2, 0) is 6.54 Å². The summed E-state index contributed by atoms with van der Waals surface area (Å²) in [5.41, 5.74) is 7.78. The molecule has 5 nitrogen and oxygen atoms in total. The van der Waals surface area contributed by atoms with Crippen LogP contribution in [0, 0.1) is 0 Å². The van der Waals surface area contributed by atoms with Gasteiger partial charge in [0.1, 0.15) is 0 Å². The van der Waals surface area contributed by atoms with Gasteiger partial charge in [0.05, 0.1) is 12.2 Å². The summed E-state index contributed by atoms with van der Waals surface area (Å²) in [5.74, 6) is -1.06. The second kappa shape index (κ2) is 6.76. The molecule has 0 spiro atoms. The number of aliphatic hydroxyl groups is 1. The number of benzene rings is 2. The molecule has 2 aromatic rings. The van der Waals surface area contributed by atoms with Crippen LogP contribution < -0.4 is 10.6 Å². The van der Waals surface area contributed by atoms with E-state index in [2.05, 4.69) is 0 Å². The SMILES string of the molecule is Nc1ccc(N(CCO)Cc2ccccc2)cc1C(=O)O. The largest absolute Gasteiger partial charge is 0.478 e. The van der Waals surface area contributed by atoms with Crippen LogP contribution in [0.5, 0.6) is 0 Å². The minimum Gasteiger partial charge on any atom is -0.478 e. The van der Waals surface area contributed by atoms with Crippen molar-refractivity contribution in [2.24, 2.45) is 0 Å². The summed E-state index contributed by atoms with van der Waals surface area (Å²) in [6.07, 6.45) is 0. The van der Waals surface area contributed by atoms with Crippen LogP contribution in [-0.4, -0.2) is 29.3 Å². The highest BCUT2D eigenvalue weighted by Gasteiger charge is 2.13. The first kappa shape index (κ1) is 14.9. The highest BCUT2D eigenvalue weighted by Crippen LogP contribution is 2.23. The van der Waals surface area contributed by atoms with Gasteiger partial charge in [-0.1, -0.05) is 30.3 Å². The van der Waals surface area contributed by atoms with Gasteiger partial charge in [0.2, 0.25) is 0 Å². The Morgan fingerprint density at radius 3 is 2.48 bits per heavy atom. The fourth-order valence-electron chi connectivity index (χ4n) is 2.15. The lowest BCUT2D eigenvalue weighted by Crippen LogP contribution is -2.26. The quantitative estimate of drug-likeness (QED) is 0.707. The zero-order valence-electron chi connectivity index (χ0n) is 11.6. The molecule has 0 heterocycles. The van der Waals surface area contributed by atoms with Gasteiger partial charge in [-0.05, 0) is 23.8 Å². The molecule has 2 aromatic carbocycles. The van der Waals surface area contributed by atoms with Crippen molar-refractivity contribution in [1.29, 1.82) is 0 Å². The van der Waals surface area contributed by atoms with Crippen LogP contribution in [0.3, 0.4) is 0 Å². The summed E-state index contributed by atoms with van der Waals surface area (Å²) in [5, 5.41) is 18.4. The Labute approximate surface area is 123 Å². The van der Waals surface area contributed by atoms with Gasteiger partial charge < -0.3 is 20.8 Å². The molecule has 0 aliphatic carbocycles. The molecule has 0 aromatic heterocycles. The van der Waals surface area contributed by atoms with E-state index in [0.29, 0.717) is 13.1 Å². The lowest BCUT2D eigenvalue weighted by molar-refractivity contribution is 0.0698. The summed E-state index contributed by atoms with van der Waals surface area (Å²) in [6.45, 7) is 0.988. The average molecular weight is 286 g/mol. The third-order valence-electron chi connectivity index (χ3n) is 3.22. The molecule has 0 amide bonds. The summed E-state index contributed by atoms with van der Waals surface area (Å²) in [6, 6.07) is 14.7. The van der Waals surface area contributed by atoms with Crippen molar-refractivity contribution >= 4 is 17.3 Å². The topological polar surface area (TPSA) is 86.8 Å². The Kier molecular flexibility index (Phi) is 4.79. The molecule has 5 heteroatoms. The zero-order chi connectivity index (χ0) is 15.2. The van der Waals surface area contributed by atoms with Crippen molar-refractivity contribution in [3.63, 3.8) is 0 Å². The maximum atomic E-state index is 11.2. The Bertz CT molecular complexity index is 614. The molecule has 0 saturated carbocycles. The maximum Gasteiger partial charge on any atom is 0.337 e. The number of aliphatic hydroxyl groups excluding tert-OH is 1. The summed E-state index contributed by atoms with van der Waals surface area (Å²) >= 11 is 0. The summed E-state index contributed by atoms with van der Waals surface area (Å²) < 4.78 is 0. The Morgan fingerprint density at radius 1 is 1.14 bits per heavy atom. The second-order valence-corrected chi connectivity index (χ2v) is 4.71. The van der Waals surface area contributed by atoms with Crippen molar-refractivity contribution in [2.45, 2.75) is 6.54 Å². The van der Waals surface area contributed by atoms with Gasteiger partial charge in [0.25, 0.3) is 0 Å². The Morgan fingerprint density at radius 2 is 1.86 bits per heavy atom. The van der Waals surface area contributed by atoms with E-state index in [1.54, 1.807) is 12.1 Å². The van der Waals surface area contributed by atoms with Gasteiger partial charge in [0, 0.05) is 24.5 Å². The molecule has 2 rings (SSSR count). The molecule has 0 aliphatic heterocycles. The highest BCUT2D eigenvalue weighted by atomic mass is 16.4. The van der Waals surface area contributed by atoms with Gasteiger partial charge in [-0.3, -0.25) is 0 Å². The second-order valence-electron chi connectivity index (χ2n) is 4.71. The molecule has 0 unspecified atom stereocenters. The summed E-state index contributed by atoms with van der Waals surface area (Å²) in [4.78, 5) is 13.1. The van der Waals surface area contributed by atoms with Crippen molar-refractivity contribution in [2.75, 3.05) is 23.8 Å². The monoisotopic (exact) mass is 286 g/mol. The van der Waals surface area contributed by atoms with E-state index in [4.69, 9.17) is 10.8 Å². The first-order valence-corrected chi connectivity index (χ1v) is 6.64. The molecule has 0 aliphatic rings. The smallest absolute Gasteiger partial charge is 0.337 e.